The zero-order valence-corrected chi connectivity index (χ0v) is 33.2. The van der Waals surface area contributed by atoms with Gasteiger partial charge < -0.3 is 13.9 Å². The van der Waals surface area contributed by atoms with E-state index in [9.17, 15) is 0 Å². The molecular formula is C58H38N2O. The summed E-state index contributed by atoms with van der Waals surface area (Å²) in [4.78, 5) is 2.35. The third-order valence-electron chi connectivity index (χ3n) is 12.2. The molecule has 0 saturated heterocycles. The summed E-state index contributed by atoms with van der Waals surface area (Å²) >= 11 is 0. The average Bonchev–Trinajstić information content (AvgIpc) is 3.89. The lowest BCUT2D eigenvalue weighted by molar-refractivity contribution is 0.669. The van der Waals surface area contributed by atoms with Crippen molar-refractivity contribution in [2.45, 2.75) is 0 Å². The fraction of sp³-hybridized carbons (Fsp3) is 0. The van der Waals surface area contributed by atoms with Gasteiger partial charge in [-0.05, 0) is 111 Å². The SMILES string of the molecule is c1ccc(-c2ccc(-c3ccc(N(c4ccc(-c5ccc6c(c5)c5ccccc5n6-c5ccccc5)cc4)c4cc5ccccc5c5c4oc4ccccc45)cc3)cc2)cc1. The van der Waals surface area contributed by atoms with Crippen molar-refractivity contribution in [3.63, 3.8) is 0 Å². The molecule has 0 aliphatic rings. The molecule has 0 saturated carbocycles. The van der Waals surface area contributed by atoms with Crippen LogP contribution in [0.2, 0.25) is 0 Å². The maximum atomic E-state index is 6.82. The second-order valence-electron chi connectivity index (χ2n) is 15.7. The third-order valence-corrected chi connectivity index (χ3v) is 12.2. The lowest BCUT2D eigenvalue weighted by Gasteiger charge is -2.26. The Hall–Kier alpha value is -8.14. The van der Waals surface area contributed by atoms with Crippen molar-refractivity contribution in [1.29, 1.82) is 0 Å². The van der Waals surface area contributed by atoms with Gasteiger partial charge in [-0.1, -0.05) is 164 Å². The molecule has 3 heteroatoms. The van der Waals surface area contributed by atoms with Crippen molar-refractivity contribution >= 4 is 71.6 Å². The molecule has 0 fully saturated rings. The van der Waals surface area contributed by atoms with Crippen molar-refractivity contribution < 1.29 is 4.42 Å². The molecule has 12 aromatic rings. The quantitative estimate of drug-likeness (QED) is 0.161. The summed E-state index contributed by atoms with van der Waals surface area (Å²) < 4.78 is 9.18. The zero-order valence-electron chi connectivity index (χ0n) is 33.2. The highest BCUT2D eigenvalue weighted by Gasteiger charge is 2.22. The van der Waals surface area contributed by atoms with Crippen LogP contribution < -0.4 is 4.90 Å². The Labute approximate surface area is 353 Å². The second-order valence-corrected chi connectivity index (χ2v) is 15.7. The Morgan fingerprint density at radius 1 is 0.344 bits per heavy atom. The number of benzene rings is 10. The van der Waals surface area contributed by atoms with Gasteiger partial charge in [0, 0.05) is 38.6 Å². The maximum absolute atomic E-state index is 6.82. The smallest absolute Gasteiger partial charge is 0.160 e. The molecule has 0 aliphatic heterocycles. The van der Waals surface area contributed by atoms with E-state index < -0.39 is 0 Å². The first kappa shape index (κ1) is 34.9. The van der Waals surface area contributed by atoms with Crippen LogP contribution >= 0.6 is 0 Å². The number of anilines is 3. The molecule has 0 N–H and O–H groups in total. The Morgan fingerprint density at radius 2 is 0.836 bits per heavy atom. The van der Waals surface area contributed by atoms with Gasteiger partial charge in [0.25, 0.3) is 0 Å². The van der Waals surface area contributed by atoms with Crippen LogP contribution in [-0.4, -0.2) is 4.57 Å². The van der Waals surface area contributed by atoms with Gasteiger partial charge in [0.15, 0.2) is 5.58 Å². The van der Waals surface area contributed by atoms with Crippen LogP contribution in [0.1, 0.15) is 0 Å². The van der Waals surface area contributed by atoms with E-state index in [0.29, 0.717) is 0 Å². The van der Waals surface area contributed by atoms with Crippen LogP contribution in [0.25, 0.3) is 93.6 Å². The summed E-state index contributed by atoms with van der Waals surface area (Å²) in [6.07, 6.45) is 0. The molecule has 61 heavy (non-hydrogen) atoms. The lowest BCUT2D eigenvalue weighted by atomic mass is 9.99. The standard InChI is InChI=1S/C58H38N2O/c1-3-13-39(14-4-1)40-23-25-41(26-24-40)42-27-32-47(33-28-42)59(55-38-45-15-7-8-18-49(45)57-51-20-10-12-22-56(51)61-58(55)57)48-34-29-43(30-35-48)44-31-36-54-52(37-44)50-19-9-11-21-53(50)60(54)46-16-5-2-6-17-46/h1-38H. The first-order chi connectivity index (χ1) is 30.2. The number of fused-ring (bicyclic) bond motifs is 8. The minimum Gasteiger partial charge on any atom is -0.454 e. The Bertz CT molecular complexity index is 3550. The molecule has 0 spiro atoms. The first-order valence-electron chi connectivity index (χ1n) is 20.8. The second kappa shape index (κ2) is 14.3. The van der Waals surface area contributed by atoms with E-state index in [-0.39, 0.29) is 0 Å². The number of hydrogen-bond donors (Lipinski definition) is 0. The van der Waals surface area contributed by atoms with E-state index in [1.807, 2.05) is 6.07 Å². The third kappa shape index (κ3) is 5.90. The molecule has 0 amide bonds. The van der Waals surface area contributed by atoms with E-state index in [1.54, 1.807) is 0 Å². The number of hydrogen-bond acceptors (Lipinski definition) is 2. The van der Waals surface area contributed by atoms with Gasteiger partial charge in [-0.25, -0.2) is 0 Å². The predicted octanol–water partition coefficient (Wildman–Crippen LogP) is 16.3. The van der Waals surface area contributed by atoms with E-state index in [4.69, 9.17) is 4.42 Å². The van der Waals surface area contributed by atoms with E-state index >= 15 is 0 Å². The fourth-order valence-electron chi connectivity index (χ4n) is 9.25. The summed E-state index contributed by atoms with van der Waals surface area (Å²) in [7, 11) is 0. The summed E-state index contributed by atoms with van der Waals surface area (Å²) in [6.45, 7) is 0. The number of furan rings is 1. The van der Waals surface area contributed by atoms with Crippen LogP contribution in [0.4, 0.5) is 17.1 Å². The van der Waals surface area contributed by atoms with Crippen molar-refractivity contribution in [3.8, 4) is 39.1 Å². The molecule has 2 heterocycles. The van der Waals surface area contributed by atoms with Crippen LogP contribution in [0.15, 0.2) is 235 Å². The lowest BCUT2D eigenvalue weighted by Crippen LogP contribution is -2.10. The van der Waals surface area contributed by atoms with Crippen molar-refractivity contribution in [2.24, 2.45) is 0 Å². The molecule has 0 aliphatic carbocycles. The van der Waals surface area contributed by atoms with E-state index in [1.165, 1.54) is 49.4 Å². The van der Waals surface area contributed by atoms with Crippen LogP contribution in [0.5, 0.6) is 0 Å². The summed E-state index contributed by atoms with van der Waals surface area (Å²) in [5, 5.41) is 7.07. The molecule has 286 valence electrons. The largest absolute Gasteiger partial charge is 0.454 e. The van der Waals surface area contributed by atoms with Crippen LogP contribution in [0, 0.1) is 0 Å². The highest BCUT2D eigenvalue weighted by atomic mass is 16.3. The number of nitrogens with zero attached hydrogens (tertiary/aromatic N) is 2. The Balaban J connectivity index is 0.986. The molecule has 0 unspecified atom stereocenters. The number of rotatable bonds is 7. The van der Waals surface area contributed by atoms with Crippen molar-refractivity contribution in [1.82, 2.24) is 4.57 Å². The zero-order chi connectivity index (χ0) is 40.3. The van der Waals surface area contributed by atoms with E-state index in [0.717, 1.165) is 61.2 Å². The predicted molar refractivity (Wildman–Crippen MR) is 257 cm³/mol. The first-order valence-corrected chi connectivity index (χ1v) is 20.8. The van der Waals surface area contributed by atoms with Gasteiger partial charge >= 0.3 is 0 Å². The van der Waals surface area contributed by atoms with Gasteiger partial charge in [0.1, 0.15) is 5.58 Å². The van der Waals surface area contributed by atoms with Gasteiger partial charge in [-0.15, -0.1) is 0 Å². The molecule has 0 atom stereocenters. The monoisotopic (exact) mass is 778 g/mol. The number of aromatic nitrogens is 1. The maximum Gasteiger partial charge on any atom is 0.160 e. The Kier molecular flexibility index (Phi) is 8.17. The Morgan fingerprint density at radius 3 is 1.52 bits per heavy atom. The van der Waals surface area contributed by atoms with Gasteiger partial charge in [0.2, 0.25) is 0 Å². The minimum absolute atomic E-state index is 0.866. The van der Waals surface area contributed by atoms with Gasteiger partial charge in [-0.3, -0.25) is 0 Å². The van der Waals surface area contributed by atoms with Gasteiger partial charge in [0.05, 0.1) is 16.7 Å². The minimum atomic E-state index is 0.866. The van der Waals surface area contributed by atoms with Crippen LogP contribution in [-0.2, 0) is 0 Å². The average molecular weight is 779 g/mol. The topological polar surface area (TPSA) is 21.3 Å². The van der Waals surface area contributed by atoms with E-state index in [2.05, 4.69) is 234 Å². The van der Waals surface area contributed by atoms with Gasteiger partial charge in [-0.2, -0.15) is 0 Å². The molecular weight excluding hydrogens is 741 g/mol. The normalized spacial score (nSPS) is 11.6. The molecule has 12 rings (SSSR count). The molecule has 10 aromatic carbocycles. The van der Waals surface area contributed by atoms with Crippen molar-refractivity contribution in [3.05, 3.63) is 231 Å². The van der Waals surface area contributed by atoms with Crippen molar-refractivity contribution in [2.75, 3.05) is 4.90 Å². The fourth-order valence-corrected chi connectivity index (χ4v) is 9.25. The summed E-state index contributed by atoms with van der Waals surface area (Å²) in [5.41, 5.74) is 15.5. The molecule has 0 radical (unpaired) electrons. The summed E-state index contributed by atoms with van der Waals surface area (Å²) in [5.74, 6) is 0. The molecule has 3 nitrogen and oxygen atoms in total. The van der Waals surface area contributed by atoms with Crippen LogP contribution in [0.3, 0.4) is 0 Å². The highest BCUT2D eigenvalue weighted by Crippen LogP contribution is 2.46. The number of para-hydroxylation sites is 3. The highest BCUT2D eigenvalue weighted by molar-refractivity contribution is 6.23. The summed E-state index contributed by atoms with van der Waals surface area (Å²) in [6, 6.07) is 82.8. The molecule has 0 bridgehead atoms. The molecule has 2 aromatic heterocycles.